The van der Waals surface area contributed by atoms with Gasteiger partial charge in [-0.15, -0.1) is 11.8 Å². The Kier molecular flexibility index (Phi) is 5.21. The maximum absolute atomic E-state index is 12.1. The predicted octanol–water partition coefficient (Wildman–Crippen LogP) is 3.81. The second-order valence-corrected chi connectivity index (χ2v) is 5.19. The summed E-state index contributed by atoms with van der Waals surface area (Å²) in [5.41, 5.74) is 2.49. The maximum Gasteiger partial charge on any atom is 0.255 e. The molecule has 2 aromatic rings. The largest absolute Gasteiger partial charge is 0.380 e. The maximum atomic E-state index is 12.1. The number of ether oxygens (including phenoxy) is 1. The van der Waals surface area contributed by atoms with Gasteiger partial charge in [0.1, 0.15) is 0 Å². The highest BCUT2D eigenvalue weighted by atomic mass is 32.2. The monoisotopic (exact) mass is 287 g/mol. The lowest BCUT2D eigenvalue weighted by Crippen LogP contribution is -2.11. The molecule has 1 amide bonds. The lowest BCUT2D eigenvalue weighted by molar-refractivity contribution is 0.102. The lowest BCUT2D eigenvalue weighted by atomic mass is 10.1. The number of thioether (sulfide) groups is 1. The van der Waals surface area contributed by atoms with Crippen LogP contribution in [-0.2, 0) is 11.3 Å². The second-order valence-electron chi connectivity index (χ2n) is 4.31. The molecule has 0 atom stereocenters. The van der Waals surface area contributed by atoms with Crippen LogP contribution in [-0.4, -0.2) is 19.3 Å². The fourth-order valence-corrected chi connectivity index (χ4v) is 2.20. The quantitative estimate of drug-likeness (QED) is 0.850. The number of hydrogen-bond acceptors (Lipinski definition) is 3. The Morgan fingerprint density at radius 1 is 1.10 bits per heavy atom. The van der Waals surface area contributed by atoms with E-state index in [1.54, 1.807) is 31.0 Å². The first-order valence-electron chi connectivity index (χ1n) is 6.26. The number of hydrogen-bond donors (Lipinski definition) is 1. The Morgan fingerprint density at radius 2 is 1.75 bits per heavy atom. The summed E-state index contributed by atoms with van der Waals surface area (Å²) in [6, 6.07) is 15.2. The third-order valence-corrected chi connectivity index (χ3v) is 3.62. The molecule has 0 heterocycles. The zero-order valence-corrected chi connectivity index (χ0v) is 12.4. The van der Waals surface area contributed by atoms with E-state index < -0.39 is 0 Å². The summed E-state index contributed by atoms with van der Waals surface area (Å²) in [4.78, 5) is 13.3. The molecule has 0 aliphatic heterocycles. The minimum Gasteiger partial charge on any atom is -0.380 e. The molecular weight excluding hydrogens is 270 g/mol. The molecule has 0 spiro atoms. The van der Waals surface area contributed by atoms with E-state index in [1.807, 2.05) is 42.7 Å². The van der Waals surface area contributed by atoms with Gasteiger partial charge in [0, 0.05) is 23.3 Å². The molecule has 104 valence electrons. The Hall–Kier alpha value is -1.78. The van der Waals surface area contributed by atoms with Gasteiger partial charge >= 0.3 is 0 Å². The lowest BCUT2D eigenvalue weighted by Gasteiger charge is -2.07. The van der Waals surface area contributed by atoms with E-state index >= 15 is 0 Å². The Labute approximate surface area is 123 Å². The second kappa shape index (κ2) is 7.12. The summed E-state index contributed by atoms with van der Waals surface area (Å²) >= 11 is 1.67. The molecule has 1 N–H and O–H groups in total. The summed E-state index contributed by atoms with van der Waals surface area (Å²) in [6.07, 6.45) is 2.02. The van der Waals surface area contributed by atoms with E-state index in [-0.39, 0.29) is 5.91 Å². The molecule has 2 rings (SSSR count). The van der Waals surface area contributed by atoms with Crippen LogP contribution in [0.5, 0.6) is 0 Å². The van der Waals surface area contributed by atoms with Gasteiger partial charge in [0.05, 0.1) is 6.61 Å². The Bertz CT molecular complexity index is 564. The fourth-order valence-electron chi connectivity index (χ4n) is 1.80. The number of carbonyl (C=O) groups is 1. The average Bonchev–Trinajstić information content (AvgIpc) is 2.49. The van der Waals surface area contributed by atoms with Crippen LogP contribution >= 0.6 is 11.8 Å². The number of rotatable bonds is 5. The molecule has 0 radical (unpaired) electrons. The van der Waals surface area contributed by atoms with Gasteiger partial charge in [-0.1, -0.05) is 12.1 Å². The summed E-state index contributed by atoms with van der Waals surface area (Å²) < 4.78 is 5.04. The molecule has 3 nitrogen and oxygen atoms in total. The summed E-state index contributed by atoms with van der Waals surface area (Å²) in [5, 5.41) is 2.88. The Balaban J connectivity index is 2.03. The van der Waals surface area contributed by atoms with Crippen molar-refractivity contribution in [2.24, 2.45) is 0 Å². The minimum absolute atomic E-state index is 0.106. The van der Waals surface area contributed by atoms with Crippen LogP contribution in [0.2, 0.25) is 0 Å². The first kappa shape index (κ1) is 14.6. The zero-order chi connectivity index (χ0) is 14.4. The molecule has 0 saturated heterocycles. The highest BCUT2D eigenvalue weighted by Gasteiger charge is 2.06. The van der Waals surface area contributed by atoms with Gasteiger partial charge in [0.15, 0.2) is 0 Å². The number of nitrogens with one attached hydrogen (secondary N) is 1. The van der Waals surface area contributed by atoms with E-state index in [0.29, 0.717) is 12.2 Å². The van der Waals surface area contributed by atoms with Crippen LogP contribution in [0.25, 0.3) is 0 Å². The molecule has 2 aromatic carbocycles. The average molecular weight is 287 g/mol. The smallest absolute Gasteiger partial charge is 0.255 e. The van der Waals surface area contributed by atoms with Gasteiger partial charge < -0.3 is 10.1 Å². The van der Waals surface area contributed by atoms with Crippen LogP contribution in [0.1, 0.15) is 15.9 Å². The highest BCUT2D eigenvalue weighted by molar-refractivity contribution is 7.98. The molecule has 0 unspecified atom stereocenters. The van der Waals surface area contributed by atoms with E-state index in [1.165, 1.54) is 4.90 Å². The topological polar surface area (TPSA) is 38.3 Å². The van der Waals surface area contributed by atoms with Crippen molar-refractivity contribution in [3.63, 3.8) is 0 Å². The SMILES string of the molecule is COCc1ccc(C(=O)Nc2ccc(SC)cc2)cc1. The normalized spacial score (nSPS) is 10.3. The molecule has 4 heteroatoms. The summed E-state index contributed by atoms with van der Waals surface area (Å²) in [7, 11) is 1.65. The molecule has 0 aliphatic carbocycles. The molecular formula is C16H17NO2S. The number of anilines is 1. The van der Waals surface area contributed by atoms with Gasteiger partial charge in [0.25, 0.3) is 5.91 Å². The standard InChI is InChI=1S/C16H17NO2S/c1-19-11-12-3-5-13(6-4-12)16(18)17-14-7-9-15(20-2)10-8-14/h3-10H,11H2,1-2H3,(H,17,18). The van der Waals surface area contributed by atoms with Crippen LogP contribution in [0, 0.1) is 0 Å². The first-order chi connectivity index (χ1) is 9.72. The van der Waals surface area contributed by atoms with Crippen LogP contribution < -0.4 is 5.32 Å². The first-order valence-corrected chi connectivity index (χ1v) is 7.48. The Morgan fingerprint density at radius 3 is 2.30 bits per heavy atom. The van der Waals surface area contributed by atoms with E-state index in [9.17, 15) is 4.79 Å². The number of amides is 1. The van der Waals surface area contributed by atoms with E-state index in [4.69, 9.17) is 4.74 Å². The number of methoxy groups -OCH3 is 1. The number of carbonyl (C=O) groups excluding carboxylic acids is 1. The zero-order valence-electron chi connectivity index (χ0n) is 11.6. The molecule has 0 bridgehead atoms. The van der Waals surface area contributed by atoms with Crippen molar-refractivity contribution in [1.82, 2.24) is 0 Å². The molecule has 20 heavy (non-hydrogen) atoms. The predicted molar refractivity (Wildman–Crippen MR) is 83.3 cm³/mol. The van der Waals surface area contributed by atoms with Crippen molar-refractivity contribution < 1.29 is 9.53 Å². The molecule has 0 saturated carbocycles. The van der Waals surface area contributed by atoms with E-state index in [0.717, 1.165) is 11.3 Å². The van der Waals surface area contributed by atoms with Crippen LogP contribution in [0.4, 0.5) is 5.69 Å². The molecule has 0 aliphatic rings. The van der Waals surface area contributed by atoms with Crippen molar-refractivity contribution in [3.8, 4) is 0 Å². The molecule has 0 fully saturated rings. The molecule has 0 aromatic heterocycles. The third-order valence-electron chi connectivity index (χ3n) is 2.88. The minimum atomic E-state index is -0.106. The summed E-state index contributed by atoms with van der Waals surface area (Å²) in [6.45, 7) is 0.554. The van der Waals surface area contributed by atoms with Crippen LogP contribution in [0.3, 0.4) is 0 Å². The van der Waals surface area contributed by atoms with Crippen molar-refractivity contribution >= 4 is 23.4 Å². The van der Waals surface area contributed by atoms with Gasteiger partial charge in [-0.2, -0.15) is 0 Å². The third kappa shape index (κ3) is 3.85. The fraction of sp³-hybridized carbons (Fsp3) is 0.188. The van der Waals surface area contributed by atoms with Crippen molar-refractivity contribution in [2.45, 2.75) is 11.5 Å². The van der Waals surface area contributed by atoms with Gasteiger partial charge in [0.2, 0.25) is 0 Å². The van der Waals surface area contributed by atoms with Crippen molar-refractivity contribution in [1.29, 1.82) is 0 Å². The van der Waals surface area contributed by atoms with E-state index in [2.05, 4.69) is 5.32 Å². The van der Waals surface area contributed by atoms with Crippen molar-refractivity contribution in [2.75, 3.05) is 18.7 Å². The van der Waals surface area contributed by atoms with Gasteiger partial charge in [-0.05, 0) is 48.2 Å². The van der Waals surface area contributed by atoms with Crippen molar-refractivity contribution in [3.05, 3.63) is 59.7 Å². The number of benzene rings is 2. The highest BCUT2D eigenvalue weighted by Crippen LogP contribution is 2.18. The summed E-state index contributed by atoms with van der Waals surface area (Å²) in [5.74, 6) is -0.106. The van der Waals surface area contributed by atoms with Gasteiger partial charge in [-0.25, -0.2) is 0 Å². The van der Waals surface area contributed by atoms with Crippen LogP contribution in [0.15, 0.2) is 53.4 Å². The van der Waals surface area contributed by atoms with Gasteiger partial charge in [-0.3, -0.25) is 4.79 Å².